The van der Waals surface area contributed by atoms with E-state index < -0.39 is 10.8 Å². The number of benzene rings is 1. The van der Waals surface area contributed by atoms with Crippen LogP contribution < -0.4 is 5.32 Å². The highest BCUT2D eigenvalue weighted by Crippen LogP contribution is 2.25. The summed E-state index contributed by atoms with van der Waals surface area (Å²) < 4.78 is 0. The van der Waals surface area contributed by atoms with Gasteiger partial charge in [-0.1, -0.05) is 17.7 Å². The molecule has 0 atom stereocenters. The number of nitro groups is 1. The molecule has 7 nitrogen and oxygen atoms in total. The molecule has 1 amide bonds. The van der Waals surface area contributed by atoms with Crippen LogP contribution in [-0.4, -0.2) is 21.0 Å². The molecule has 1 N–H and O–H groups in total. The van der Waals surface area contributed by atoms with Crippen molar-refractivity contribution in [2.24, 2.45) is 0 Å². The molecular weight excluding hydrogens is 284 g/mol. The molecule has 0 bridgehead atoms. The third-order valence-electron chi connectivity index (χ3n) is 2.46. The minimum absolute atomic E-state index is 0.0187. The summed E-state index contributed by atoms with van der Waals surface area (Å²) in [5.74, 6) is -0.595. The van der Waals surface area contributed by atoms with Crippen LogP contribution >= 0.6 is 11.6 Å². The lowest BCUT2D eigenvalue weighted by Crippen LogP contribution is -2.15. The molecule has 2 aromatic rings. The maximum Gasteiger partial charge on any atom is 0.292 e. The van der Waals surface area contributed by atoms with Gasteiger partial charge >= 0.3 is 0 Å². The maximum atomic E-state index is 11.9. The normalized spacial score (nSPS) is 10.1. The summed E-state index contributed by atoms with van der Waals surface area (Å²) in [7, 11) is 0. The molecule has 1 aromatic heterocycles. The van der Waals surface area contributed by atoms with E-state index in [2.05, 4.69) is 15.5 Å². The molecule has 0 aliphatic heterocycles. The van der Waals surface area contributed by atoms with Gasteiger partial charge in [0.15, 0.2) is 10.8 Å². The molecule has 0 unspecified atom stereocenters. The zero-order chi connectivity index (χ0) is 14.7. The Hall–Kier alpha value is -2.54. The van der Waals surface area contributed by atoms with E-state index in [1.165, 1.54) is 24.3 Å². The first-order valence-electron chi connectivity index (χ1n) is 5.53. The Kier molecular flexibility index (Phi) is 3.90. The van der Waals surface area contributed by atoms with E-state index in [1.807, 2.05) is 0 Å². The minimum atomic E-state index is -0.595. The molecule has 0 saturated heterocycles. The van der Waals surface area contributed by atoms with Gasteiger partial charge in [-0.05, 0) is 30.7 Å². The van der Waals surface area contributed by atoms with Crippen molar-refractivity contribution in [1.82, 2.24) is 10.2 Å². The van der Waals surface area contributed by atoms with Gasteiger partial charge in [-0.15, -0.1) is 10.2 Å². The van der Waals surface area contributed by atoms with E-state index in [0.29, 0.717) is 0 Å². The Morgan fingerprint density at radius 3 is 2.65 bits per heavy atom. The standard InChI is InChI=1S/C12H9ClN4O3/c1-7-2-4-10(17(19)20)9(6-7)14-12(18)8-3-5-11(13)16-15-8/h2-6H,1H3,(H,14,18). The second-order valence-corrected chi connectivity index (χ2v) is 4.36. The number of nitrogens with zero attached hydrogens (tertiary/aromatic N) is 3. The van der Waals surface area contributed by atoms with Gasteiger partial charge in [0.2, 0.25) is 0 Å². The average Bonchev–Trinajstić information content (AvgIpc) is 2.39. The highest BCUT2D eigenvalue weighted by molar-refractivity contribution is 6.29. The number of anilines is 1. The Balaban J connectivity index is 2.29. The van der Waals surface area contributed by atoms with Gasteiger partial charge in [-0.2, -0.15) is 0 Å². The smallest absolute Gasteiger partial charge is 0.292 e. The molecule has 1 heterocycles. The maximum absolute atomic E-state index is 11.9. The number of halogens is 1. The summed E-state index contributed by atoms with van der Waals surface area (Å²) in [5.41, 5.74) is 0.723. The molecule has 0 spiro atoms. The van der Waals surface area contributed by atoms with Crippen molar-refractivity contribution < 1.29 is 9.72 Å². The van der Waals surface area contributed by atoms with E-state index in [0.717, 1.165) is 5.56 Å². The third kappa shape index (κ3) is 3.07. The number of hydrogen-bond donors (Lipinski definition) is 1. The Morgan fingerprint density at radius 1 is 1.30 bits per heavy atom. The summed E-state index contributed by atoms with van der Waals surface area (Å²) >= 11 is 5.57. The zero-order valence-corrected chi connectivity index (χ0v) is 11.1. The Bertz CT molecular complexity index is 673. The summed E-state index contributed by atoms with van der Waals surface area (Å²) in [6.45, 7) is 1.77. The van der Waals surface area contributed by atoms with E-state index in [-0.39, 0.29) is 22.2 Å². The molecule has 8 heteroatoms. The molecule has 0 radical (unpaired) electrons. The first-order valence-corrected chi connectivity index (χ1v) is 5.91. The van der Waals surface area contributed by atoms with Crippen LogP contribution in [0.1, 0.15) is 16.1 Å². The molecule has 0 aliphatic carbocycles. The van der Waals surface area contributed by atoms with Gasteiger partial charge < -0.3 is 5.32 Å². The number of aryl methyl sites for hydroxylation is 1. The number of carbonyl (C=O) groups is 1. The van der Waals surface area contributed by atoms with Crippen LogP contribution in [0.5, 0.6) is 0 Å². The summed E-state index contributed by atoms with van der Waals surface area (Å²) in [6, 6.07) is 7.23. The van der Waals surface area contributed by atoms with Crippen LogP contribution in [0.4, 0.5) is 11.4 Å². The molecule has 0 saturated carbocycles. The van der Waals surface area contributed by atoms with Crippen LogP contribution in [0, 0.1) is 17.0 Å². The number of carbonyl (C=O) groups excluding carboxylic acids is 1. The number of hydrogen-bond acceptors (Lipinski definition) is 5. The lowest BCUT2D eigenvalue weighted by atomic mass is 10.2. The molecule has 20 heavy (non-hydrogen) atoms. The Morgan fingerprint density at radius 2 is 2.05 bits per heavy atom. The SMILES string of the molecule is Cc1ccc([N+](=O)[O-])c(NC(=O)c2ccc(Cl)nn2)c1. The number of aromatic nitrogens is 2. The van der Waals surface area contributed by atoms with Gasteiger partial charge in [-0.25, -0.2) is 0 Å². The van der Waals surface area contributed by atoms with Crippen LogP contribution in [0.25, 0.3) is 0 Å². The van der Waals surface area contributed by atoms with Crippen molar-refractivity contribution in [3.8, 4) is 0 Å². The minimum Gasteiger partial charge on any atom is -0.315 e. The van der Waals surface area contributed by atoms with Crippen molar-refractivity contribution in [2.75, 3.05) is 5.32 Å². The molecule has 1 aromatic carbocycles. The predicted octanol–water partition coefficient (Wildman–Crippen LogP) is 2.60. The van der Waals surface area contributed by atoms with Gasteiger partial charge in [0.25, 0.3) is 11.6 Å². The number of nitro benzene ring substituents is 1. The van der Waals surface area contributed by atoms with Crippen LogP contribution in [0.3, 0.4) is 0 Å². The second-order valence-electron chi connectivity index (χ2n) is 3.97. The van der Waals surface area contributed by atoms with Crippen molar-refractivity contribution in [1.29, 1.82) is 0 Å². The van der Waals surface area contributed by atoms with Crippen molar-refractivity contribution >= 4 is 28.9 Å². The molecule has 0 aliphatic rings. The van der Waals surface area contributed by atoms with Crippen molar-refractivity contribution in [3.05, 3.63) is 56.9 Å². The highest BCUT2D eigenvalue weighted by Gasteiger charge is 2.17. The quantitative estimate of drug-likeness (QED) is 0.692. The highest BCUT2D eigenvalue weighted by atomic mass is 35.5. The second kappa shape index (κ2) is 5.62. The predicted molar refractivity (Wildman–Crippen MR) is 72.8 cm³/mol. The number of nitrogens with one attached hydrogen (secondary N) is 1. The van der Waals surface area contributed by atoms with E-state index in [1.54, 1.807) is 13.0 Å². The van der Waals surface area contributed by atoms with E-state index in [4.69, 9.17) is 11.6 Å². The number of amides is 1. The lowest BCUT2D eigenvalue weighted by Gasteiger charge is -2.06. The van der Waals surface area contributed by atoms with Gasteiger partial charge in [0.05, 0.1) is 4.92 Å². The van der Waals surface area contributed by atoms with Crippen molar-refractivity contribution in [3.63, 3.8) is 0 Å². The fourth-order valence-electron chi connectivity index (χ4n) is 1.53. The zero-order valence-electron chi connectivity index (χ0n) is 10.3. The summed E-state index contributed by atoms with van der Waals surface area (Å²) in [4.78, 5) is 22.3. The fourth-order valence-corrected chi connectivity index (χ4v) is 1.63. The average molecular weight is 293 g/mol. The van der Waals surface area contributed by atoms with Gasteiger partial charge in [0.1, 0.15) is 5.69 Å². The van der Waals surface area contributed by atoms with E-state index >= 15 is 0 Å². The van der Waals surface area contributed by atoms with Gasteiger partial charge in [-0.3, -0.25) is 14.9 Å². The Labute approximate surface area is 118 Å². The lowest BCUT2D eigenvalue weighted by molar-refractivity contribution is -0.383. The fraction of sp³-hybridized carbons (Fsp3) is 0.0833. The molecule has 102 valence electrons. The first kappa shape index (κ1) is 13.9. The van der Waals surface area contributed by atoms with Crippen LogP contribution in [0.15, 0.2) is 30.3 Å². The largest absolute Gasteiger partial charge is 0.315 e. The van der Waals surface area contributed by atoms with Crippen molar-refractivity contribution in [2.45, 2.75) is 6.92 Å². The summed E-state index contributed by atoms with van der Waals surface area (Å²) in [6.07, 6.45) is 0. The molecular formula is C12H9ClN4O3. The van der Waals surface area contributed by atoms with Gasteiger partial charge in [0, 0.05) is 6.07 Å². The van der Waals surface area contributed by atoms with Crippen LogP contribution in [0.2, 0.25) is 5.15 Å². The molecule has 2 rings (SSSR count). The molecule has 0 fully saturated rings. The van der Waals surface area contributed by atoms with E-state index in [9.17, 15) is 14.9 Å². The van der Waals surface area contributed by atoms with Crippen LogP contribution in [-0.2, 0) is 0 Å². The number of rotatable bonds is 3. The monoisotopic (exact) mass is 292 g/mol. The first-order chi connectivity index (χ1) is 9.47. The summed E-state index contributed by atoms with van der Waals surface area (Å²) in [5, 5.41) is 20.6. The third-order valence-corrected chi connectivity index (χ3v) is 2.66. The topological polar surface area (TPSA) is 98.0 Å².